The number of ketones is 1. The van der Waals surface area contributed by atoms with Crippen molar-refractivity contribution in [2.45, 2.75) is 64.0 Å². The Morgan fingerprint density at radius 1 is 1.00 bits per heavy atom. The van der Waals surface area contributed by atoms with E-state index in [1.807, 2.05) is 43.0 Å². The van der Waals surface area contributed by atoms with Gasteiger partial charge in [-0.3, -0.25) is 14.4 Å². The zero-order valence-corrected chi connectivity index (χ0v) is 18.1. The third-order valence-electron chi connectivity index (χ3n) is 6.95. The van der Waals surface area contributed by atoms with Gasteiger partial charge in [0.2, 0.25) is 11.8 Å². The first-order valence-corrected chi connectivity index (χ1v) is 11.4. The summed E-state index contributed by atoms with van der Waals surface area (Å²) in [5.74, 6) is 0.209. The molecular formula is C24H33N3O3. The number of carbonyl (C=O) groups is 3. The van der Waals surface area contributed by atoms with Gasteiger partial charge >= 0.3 is 0 Å². The number of hydrogen-bond acceptors (Lipinski definition) is 4. The summed E-state index contributed by atoms with van der Waals surface area (Å²) in [6, 6.07) is 8.22. The van der Waals surface area contributed by atoms with Crippen LogP contribution in [0.25, 0.3) is 0 Å². The molecule has 162 valence electrons. The van der Waals surface area contributed by atoms with Crippen LogP contribution in [0.4, 0.5) is 0 Å². The molecule has 1 unspecified atom stereocenters. The number of rotatable bonds is 4. The molecule has 6 nitrogen and oxygen atoms in total. The lowest BCUT2D eigenvalue weighted by atomic mass is 9.92. The molecule has 0 radical (unpaired) electrons. The second-order valence-corrected chi connectivity index (χ2v) is 9.30. The van der Waals surface area contributed by atoms with Gasteiger partial charge in [-0.25, -0.2) is 0 Å². The Balaban J connectivity index is 1.27. The van der Waals surface area contributed by atoms with Gasteiger partial charge in [0.25, 0.3) is 0 Å². The topological polar surface area (TPSA) is 69.7 Å². The van der Waals surface area contributed by atoms with E-state index in [1.165, 1.54) is 0 Å². The first kappa shape index (κ1) is 21.0. The molecule has 1 atom stereocenters. The van der Waals surface area contributed by atoms with Crippen molar-refractivity contribution in [2.75, 3.05) is 26.2 Å². The molecule has 0 bridgehead atoms. The zero-order chi connectivity index (χ0) is 21.3. The highest BCUT2D eigenvalue weighted by Crippen LogP contribution is 2.35. The van der Waals surface area contributed by atoms with Crippen LogP contribution in [0.15, 0.2) is 24.3 Å². The lowest BCUT2D eigenvalue weighted by molar-refractivity contribution is -0.134. The van der Waals surface area contributed by atoms with Crippen LogP contribution in [-0.4, -0.2) is 65.7 Å². The average Bonchev–Trinajstić information content (AvgIpc) is 3.10. The minimum Gasteiger partial charge on any atom is -0.354 e. The van der Waals surface area contributed by atoms with Crippen molar-refractivity contribution in [1.82, 2.24) is 15.1 Å². The predicted octanol–water partition coefficient (Wildman–Crippen LogP) is 2.58. The Morgan fingerprint density at radius 3 is 2.33 bits per heavy atom. The van der Waals surface area contributed by atoms with Gasteiger partial charge in [-0.1, -0.05) is 24.3 Å². The summed E-state index contributed by atoms with van der Waals surface area (Å²) in [5.41, 5.74) is 1.62. The number of likely N-dealkylation sites (tertiary alicyclic amines) is 2. The van der Waals surface area contributed by atoms with Gasteiger partial charge in [0.1, 0.15) is 0 Å². The number of fused-ring (bicyclic) bond motifs is 1. The van der Waals surface area contributed by atoms with E-state index in [9.17, 15) is 14.4 Å². The largest absolute Gasteiger partial charge is 0.354 e. The maximum absolute atomic E-state index is 13.1. The Bertz CT molecular complexity index is 806. The molecule has 2 fully saturated rings. The summed E-state index contributed by atoms with van der Waals surface area (Å²) < 4.78 is 0. The van der Waals surface area contributed by atoms with Gasteiger partial charge in [-0.05, 0) is 58.2 Å². The van der Waals surface area contributed by atoms with Crippen molar-refractivity contribution in [2.24, 2.45) is 5.92 Å². The lowest BCUT2D eigenvalue weighted by Crippen LogP contribution is -2.51. The van der Waals surface area contributed by atoms with Crippen molar-refractivity contribution < 1.29 is 14.4 Å². The Labute approximate surface area is 179 Å². The maximum atomic E-state index is 13.1. The van der Waals surface area contributed by atoms with E-state index < -0.39 is 0 Å². The van der Waals surface area contributed by atoms with Crippen LogP contribution < -0.4 is 5.32 Å². The highest BCUT2D eigenvalue weighted by atomic mass is 16.2. The van der Waals surface area contributed by atoms with Crippen molar-refractivity contribution in [3.05, 3.63) is 35.4 Å². The minimum atomic E-state index is -0.305. The van der Waals surface area contributed by atoms with Crippen LogP contribution in [0.2, 0.25) is 0 Å². The van der Waals surface area contributed by atoms with Crippen molar-refractivity contribution in [1.29, 1.82) is 0 Å². The summed E-state index contributed by atoms with van der Waals surface area (Å²) >= 11 is 0. The first-order valence-electron chi connectivity index (χ1n) is 11.4. The lowest BCUT2D eigenvalue weighted by Gasteiger charge is -2.42. The van der Waals surface area contributed by atoms with Gasteiger partial charge in [-0.15, -0.1) is 0 Å². The second kappa shape index (κ2) is 8.88. The summed E-state index contributed by atoms with van der Waals surface area (Å²) in [4.78, 5) is 42.1. The van der Waals surface area contributed by atoms with Crippen LogP contribution in [0.5, 0.6) is 0 Å². The number of benzene rings is 1. The Morgan fingerprint density at radius 2 is 1.67 bits per heavy atom. The van der Waals surface area contributed by atoms with Gasteiger partial charge in [-0.2, -0.15) is 0 Å². The minimum absolute atomic E-state index is 0.0863. The number of nitrogens with zero attached hydrogens (tertiary/aromatic N) is 2. The number of amides is 2. The highest BCUT2D eigenvalue weighted by molar-refractivity contribution is 6.06. The van der Waals surface area contributed by atoms with Gasteiger partial charge in [0, 0.05) is 43.1 Å². The molecule has 6 heteroatoms. The molecule has 0 spiro atoms. The number of carbonyl (C=O) groups excluding carboxylic acids is 3. The van der Waals surface area contributed by atoms with Crippen LogP contribution in [0.1, 0.15) is 67.8 Å². The van der Waals surface area contributed by atoms with Gasteiger partial charge in [0.05, 0.1) is 5.92 Å². The quantitative estimate of drug-likeness (QED) is 0.827. The predicted molar refractivity (Wildman–Crippen MR) is 115 cm³/mol. The number of hydrogen-bond donors (Lipinski definition) is 1. The van der Waals surface area contributed by atoms with E-state index in [1.54, 1.807) is 0 Å². The van der Waals surface area contributed by atoms with Gasteiger partial charge < -0.3 is 15.1 Å². The standard InChI is InChI=1S/C24H33N3O3/c1-16(2)25-23(29)17-7-11-26(12-8-17)18-9-13-27(14-10-18)24(30)21-15-22(28)20-6-4-3-5-19(20)21/h3-6,16-18,21H,7-15H2,1-2H3,(H,25,29). The molecule has 1 aromatic rings. The van der Waals surface area contributed by atoms with Crippen LogP contribution in [0, 0.1) is 5.92 Å². The third-order valence-corrected chi connectivity index (χ3v) is 6.95. The normalized spacial score (nSPS) is 23.6. The Hall–Kier alpha value is -2.21. The molecule has 0 saturated carbocycles. The second-order valence-electron chi connectivity index (χ2n) is 9.30. The number of Topliss-reactive ketones (excluding diaryl/α,β-unsaturated/α-hetero) is 1. The van der Waals surface area contributed by atoms with Crippen LogP contribution in [-0.2, 0) is 9.59 Å². The molecule has 2 aliphatic heterocycles. The molecule has 2 amide bonds. The summed E-state index contributed by atoms with van der Waals surface area (Å²) in [6.07, 6.45) is 4.08. The fourth-order valence-corrected chi connectivity index (χ4v) is 5.28. The zero-order valence-electron chi connectivity index (χ0n) is 18.1. The molecular weight excluding hydrogens is 378 g/mol. The van der Waals surface area contributed by atoms with Crippen LogP contribution in [0.3, 0.4) is 0 Å². The van der Waals surface area contributed by atoms with E-state index in [0.717, 1.165) is 63.0 Å². The van der Waals surface area contributed by atoms with Crippen molar-refractivity contribution in [3.63, 3.8) is 0 Å². The van der Waals surface area contributed by atoms with E-state index in [-0.39, 0.29) is 35.5 Å². The molecule has 4 rings (SSSR count). The molecule has 3 aliphatic rings. The van der Waals surface area contributed by atoms with E-state index in [0.29, 0.717) is 12.5 Å². The summed E-state index contributed by atoms with van der Waals surface area (Å²) in [5, 5.41) is 3.04. The average molecular weight is 412 g/mol. The monoisotopic (exact) mass is 411 g/mol. The molecule has 2 heterocycles. The highest BCUT2D eigenvalue weighted by Gasteiger charge is 2.38. The molecule has 0 aromatic heterocycles. The van der Waals surface area contributed by atoms with Crippen LogP contribution >= 0.6 is 0 Å². The maximum Gasteiger partial charge on any atom is 0.230 e. The van der Waals surface area contributed by atoms with E-state index >= 15 is 0 Å². The van der Waals surface area contributed by atoms with Crippen molar-refractivity contribution >= 4 is 17.6 Å². The summed E-state index contributed by atoms with van der Waals surface area (Å²) in [6.45, 7) is 7.43. The molecule has 1 aliphatic carbocycles. The first-order chi connectivity index (χ1) is 14.4. The fourth-order valence-electron chi connectivity index (χ4n) is 5.28. The molecule has 1 aromatic carbocycles. The third kappa shape index (κ3) is 4.29. The SMILES string of the molecule is CC(C)NC(=O)C1CCN(C2CCN(C(=O)C3CC(=O)c4ccccc43)CC2)CC1. The van der Waals surface area contributed by atoms with Gasteiger partial charge in [0.15, 0.2) is 5.78 Å². The number of piperidine rings is 2. The van der Waals surface area contributed by atoms with E-state index in [2.05, 4.69) is 10.2 Å². The fraction of sp³-hybridized carbons (Fsp3) is 0.625. The molecule has 1 N–H and O–H groups in total. The smallest absolute Gasteiger partial charge is 0.230 e. The molecule has 30 heavy (non-hydrogen) atoms. The number of nitrogens with one attached hydrogen (secondary N) is 1. The summed E-state index contributed by atoms with van der Waals surface area (Å²) in [7, 11) is 0. The Kier molecular flexibility index (Phi) is 6.23. The van der Waals surface area contributed by atoms with E-state index in [4.69, 9.17) is 0 Å². The molecule has 2 saturated heterocycles. The van der Waals surface area contributed by atoms with Crippen molar-refractivity contribution in [3.8, 4) is 0 Å².